The van der Waals surface area contributed by atoms with Crippen molar-refractivity contribution < 1.29 is 4.79 Å². The van der Waals surface area contributed by atoms with Crippen LogP contribution in [0, 0.1) is 0 Å². The Kier molecular flexibility index (Phi) is 3.74. The molecule has 1 aromatic carbocycles. The lowest BCUT2D eigenvalue weighted by atomic mass is 10.2. The Balaban J connectivity index is 2.21. The van der Waals surface area contributed by atoms with Crippen LogP contribution in [0.15, 0.2) is 34.2 Å². The smallest absolute Gasteiger partial charge is 0.266 e. The van der Waals surface area contributed by atoms with E-state index in [9.17, 15) is 4.79 Å². The number of nitrogens with zero attached hydrogens (tertiary/aromatic N) is 1. The Hall–Kier alpha value is -0.710. The number of benzene rings is 1. The van der Waals surface area contributed by atoms with Crippen LogP contribution in [0.5, 0.6) is 0 Å². The van der Waals surface area contributed by atoms with Crippen molar-refractivity contribution in [2.24, 2.45) is 4.99 Å². The first kappa shape index (κ1) is 11.8. The van der Waals surface area contributed by atoms with Crippen LogP contribution in [-0.2, 0) is 4.79 Å². The van der Waals surface area contributed by atoms with Gasteiger partial charge in [-0.2, -0.15) is 4.99 Å². The van der Waals surface area contributed by atoms with Gasteiger partial charge in [-0.3, -0.25) is 4.79 Å². The highest BCUT2D eigenvalue weighted by molar-refractivity contribution is 8.40. The van der Waals surface area contributed by atoms with Gasteiger partial charge in [0.25, 0.3) is 5.91 Å². The zero-order chi connectivity index (χ0) is 11.5. The molecule has 0 N–H and O–H groups in total. The van der Waals surface area contributed by atoms with E-state index in [-0.39, 0.29) is 5.91 Å². The van der Waals surface area contributed by atoms with Crippen LogP contribution < -0.4 is 0 Å². The summed E-state index contributed by atoms with van der Waals surface area (Å²) in [5.74, 6) is -0.163. The molecule has 1 amide bonds. The molecule has 0 aliphatic carbocycles. The molecule has 5 heteroatoms. The third-order valence-electron chi connectivity index (χ3n) is 1.94. The summed E-state index contributed by atoms with van der Waals surface area (Å²) in [6, 6.07) is 7.35. The summed E-state index contributed by atoms with van der Waals surface area (Å²) in [7, 11) is 0. The van der Waals surface area contributed by atoms with E-state index in [1.807, 2.05) is 24.5 Å². The van der Waals surface area contributed by atoms with Crippen molar-refractivity contribution in [2.45, 2.75) is 0 Å². The van der Waals surface area contributed by atoms with Crippen LogP contribution in [0.2, 0.25) is 5.02 Å². The van der Waals surface area contributed by atoms with Gasteiger partial charge in [0.15, 0.2) is 0 Å². The van der Waals surface area contributed by atoms with Crippen molar-refractivity contribution in [1.82, 2.24) is 0 Å². The third-order valence-corrected chi connectivity index (χ3v) is 4.16. The largest absolute Gasteiger partial charge is 0.285 e. The maximum Gasteiger partial charge on any atom is 0.285 e. The number of amides is 1. The molecule has 1 heterocycles. The topological polar surface area (TPSA) is 29.4 Å². The maximum absolute atomic E-state index is 11.5. The number of hydrogen-bond acceptors (Lipinski definition) is 3. The second kappa shape index (κ2) is 5.08. The molecule has 0 bridgehead atoms. The molecule has 1 aromatic rings. The van der Waals surface area contributed by atoms with Crippen LogP contribution in [0.1, 0.15) is 5.56 Å². The first-order chi connectivity index (χ1) is 7.69. The van der Waals surface area contributed by atoms with E-state index >= 15 is 0 Å². The number of carbonyl (C=O) groups is 1. The average molecular weight is 270 g/mol. The first-order valence-corrected chi connectivity index (χ1v) is 6.93. The van der Waals surface area contributed by atoms with Gasteiger partial charge < -0.3 is 0 Å². The van der Waals surface area contributed by atoms with E-state index in [0.29, 0.717) is 9.93 Å². The first-order valence-electron chi connectivity index (χ1n) is 4.51. The second-order valence-corrected chi connectivity index (χ2v) is 5.57. The molecule has 0 radical (unpaired) electrons. The molecule has 0 saturated heterocycles. The average Bonchev–Trinajstić information content (AvgIpc) is 2.63. The van der Waals surface area contributed by atoms with Gasteiger partial charge in [0.1, 0.15) is 4.38 Å². The second-order valence-electron chi connectivity index (χ2n) is 3.05. The Bertz CT molecular complexity index is 479. The normalized spacial score (nSPS) is 18.0. The van der Waals surface area contributed by atoms with Gasteiger partial charge in [-0.1, -0.05) is 35.5 Å². The summed E-state index contributed by atoms with van der Waals surface area (Å²) in [5, 5.41) is 0.689. The lowest BCUT2D eigenvalue weighted by Crippen LogP contribution is -1.87. The van der Waals surface area contributed by atoms with Crippen molar-refractivity contribution in [3.05, 3.63) is 39.8 Å². The Morgan fingerprint density at radius 1 is 1.38 bits per heavy atom. The highest BCUT2D eigenvalue weighted by Gasteiger charge is 2.20. The number of carbonyl (C=O) groups excluding carboxylic acids is 1. The lowest BCUT2D eigenvalue weighted by molar-refractivity contribution is -0.113. The molecule has 0 atom stereocenters. The van der Waals surface area contributed by atoms with Crippen LogP contribution >= 0.6 is 35.1 Å². The Labute approximate surface area is 107 Å². The molecule has 1 aliphatic heterocycles. The highest BCUT2D eigenvalue weighted by Crippen LogP contribution is 2.32. The van der Waals surface area contributed by atoms with E-state index in [1.54, 1.807) is 12.1 Å². The summed E-state index contributed by atoms with van der Waals surface area (Å²) in [5.41, 5.74) is 0.956. The number of aliphatic imine (C=N–C) groups is 1. The fourth-order valence-corrected chi connectivity index (χ4v) is 2.73. The zero-order valence-corrected chi connectivity index (χ0v) is 10.8. The van der Waals surface area contributed by atoms with E-state index in [2.05, 4.69) is 4.99 Å². The summed E-state index contributed by atoms with van der Waals surface area (Å²) in [6.07, 6.45) is 3.74. The van der Waals surface area contributed by atoms with Crippen molar-refractivity contribution in [1.29, 1.82) is 0 Å². The monoisotopic (exact) mass is 269 g/mol. The van der Waals surface area contributed by atoms with Gasteiger partial charge in [-0.25, -0.2) is 0 Å². The quantitative estimate of drug-likeness (QED) is 0.729. The molecular formula is C11H8ClNOS2. The van der Waals surface area contributed by atoms with Crippen LogP contribution in [-0.4, -0.2) is 16.5 Å². The molecule has 0 fully saturated rings. The number of hydrogen-bond donors (Lipinski definition) is 0. The highest BCUT2D eigenvalue weighted by atomic mass is 35.5. The third kappa shape index (κ3) is 2.70. The predicted molar refractivity (Wildman–Crippen MR) is 73.0 cm³/mol. The molecular weight excluding hydrogens is 262 g/mol. The van der Waals surface area contributed by atoms with E-state index in [1.165, 1.54) is 23.5 Å². The minimum Gasteiger partial charge on any atom is -0.266 e. The fraction of sp³-hybridized carbons (Fsp3) is 0.0909. The van der Waals surface area contributed by atoms with Crippen LogP contribution in [0.3, 0.4) is 0 Å². The summed E-state index contributed by atoms with van der Waals surface area (Å²) in [4.78, 5) is 16.1. The number of thioether (sulfide) groups is 2. The summed E-state index contributed by atoms with van der Waals surface area (Å²) < 4.78 is 0.796. The Morgan fingerprint density at radius 3 is 2.62 bits per heavy atom. The molecule has 2 rings (SSSR count). The van der Waals surface area contributed by atoms with Crippen molar-refractivity contribution in [3.63, 3.8) is 0 Å². The van der Waals surface area contributed by atoms with Crippen LogP contribution in [0.25, 0.3) is 6.08 Å². The predicted octanol–water partition coefficient (Wildman–Crippen LogP) is 3.67. The van der Waals surface area contributed by atoms with Gasteiger partial charge >= 0.3 is 0 Å². The van der Waals surface area contributed by atoms with E-state index in [0.717, 1.165) is 9.94 Å². The number of rotatable bonds is 1. The van der Waals surface area contributed by atoms with Crippen molar-refractivity contribution >= 4 is 51.5 Å². The molecule has 1 aliphatic rings. The van der Waals surface area contributed by atoms with Gasteiger partial charge in [-0.15, -0.1) is 11.8 Å². The van der Waals surface area contributed by atoms with Crippen molar-refractivity contribution in [3.8, 4) is 0 Å². The summed E-state index contributed by atoms with van der Waals surface area (Å²) in [6.45, 7) is 0. The van der Waals surface area contributed by atoms with Gasteiger partial charge in [-0.05, 0) is 30.0 Å². The molecule has 0 saturated carbocycles. The van der Waals surface area contributed by atoms with Crippen molar-refractivity contribution in [2.75, 3.05) is 6.26 Å². The molecule has 0 spiro atoms. The molecule has 2 nitrogen and oxygen atoms in total. The maximum atomic E-state index is 11.5. The molecule has 82 valence electrons. The fourth-order valence-electron chi connectivity index (χ4n) is 1.19. The molecule has 16 heavy (non-hydrogen) atoms. The lowest BCUT2D eigenvalue weighted by Gasteiger charge is -1.96. The van der Waals surface area contributed by atoms with Crippen LogP contribution in [0.4, 0.5) is 0 Å². The molecule has 0 aromatic heterocycles. The van der Waals surface area contributed by atoms with Gasteiger partial charge in [0.05, 0.1) is 4.91 Å². The minimum absolute atomic E-state index is 0.163. The summed E-state index contributed by atoms with van der Waals surface area (Å²) >= 11 is 8.68. The molecule has 0 unspecified atom stereocenters. The number of halogens is 1. The minimum atomic E-state index is -0.163. The zero-order valence-electron chi connectivity index (χ0n) is 8.44. The van der Waals surface area contributed by atoms with Gasteiger partial charge in [0, 0.05) is 5.02 Å². The standard InChI is InChI=1S/C11H8ClNOS2/c1-15-11-13-10(14)9(16-11)6-7-2-4-8(12)5-3-7/h2-6H,1H3/b9-6-. The van der Waals surface area contributed by atoms with E-state index < -0.39 is 0 Å². The Morgan fingerprint density at radius 2 is 2.06 bits per heavy atom. The SMILES string of the molecule is CSC1=NC(=O)/C(=C/c2ccc(Cl)cc2)S1. The van der Waals surface area contributed by atoms with E-state index in [4.69, 9.17) is 11.6 Å². The van der Waals surface area contributed by atoms with Gasteiger partial charge in [0.2, 0.25) is 0 Å².